The Balaban J connectivity index is 1.39. The van der Waals surface area contributed by atoms with Crippen molar-refractivity contribution in [3.8, 4) is 6.07 Å². The molecular weight excluding hydrogens is 484 g/mol. The van der Waals surface area contributed by atoms with Gasteiger partial charge in [0.15, 0.2) is 8.32 Å². The highest BCUT2D eigenvalue weighted by Gasteiger charge is 2.87. The van der Waals surface area contributed by atoms with E-state index in [2.05, 4.69) is 39.9 Å². The van der Waals surface area contributed by atoms with Crippen LogP contribution in [-0.4, -0.2) is 50.1 Å². The van der Waals surface area contributed by atoms with Crippen LogP contribution >= 0.6 is 0 Å². The number of nitriles is 1. The number of nitrogens with zero attached hydrogens (tertiary/aromatic N) is 2. The molecule has 194 valence electrons. The fourth-order valence-corrected chi connectivity index (χ4v) is 7.84. The van der Waals surface area contributed by atoms with Crippen LogP contribution in [0.4, 0.5) is 5.69 Å². The number of imide groups is 1. The minimum Gasteiger partial charge on any atom is -0.417 e. The van der Waals surface area contributed by atoms with Gasteiger partial charge in [-0.3, -0.25) is 9.59 Å². The van der Waals surface area contributed by atoms with Crippen molar-refractivity contribution in [2.24, 2.45) is 11.8 Å². The molecule has 0 aliphatic carbocycles. The molecule has 7 nitrogen and oxygen atoms in total. The number of epoxide rings is 1. The monoisotopic (exact) mass is 518 g/mol. The summed E-state index contributed by atoms with van der Waals surface area (Å²) in [5, 5.41) is 11.1. The lowest BCUT2D eigenvalue weighted by atomic mass is 9.66. The summed E-state index contributed by atoms with van der Waals surface area (Å²) in [7, 11) is -2.00. The number of amides is 2. The van der Waals surface area contributed by atoms with Crippen molar-refractivity contribution in [3.63, 3.8) is 0 Å². The standard InChI is InChI=1S/C29H34N2O5Si/c1-7-28-21-22(29(36-28,24-23(28)35-24)14-15-34-37(5,6)27(2,3)4)26(33)31(25(21)32)20-13-12-17(16-30)18-10-8-9-11-19(18)20/h8-13,21-24H,7,14-15H2,1-6H3. The van der Waals surface area contributed by atoms with Crippen LogP contribution in [0.3, 0.4) is 0 Å². The minimum atomic E-state index is -2.00. The molecule has 4 aliphatic heterocycles. The quantitative estimate of drug-likeness (QED) is 0.306. The lowest BCUT2D eigenvalue weighted by Crippen LogP contribution is -2.49. The average Bonchev–Trinajstić information content (AvgIpc) is 3.49. The SMILES string of the molecule is CCC12OC(CCO[Si](C)(C)C(C)(C)C)(C3OC31)C1C(=O)N(c3ccc(C#N)c4ccccc34)C(=O)C12. The Morgan fingerprint density at radius 2 is 1.65 bits per heavy atom. The fourth-order valence-electron chi connectivity index (χ4n) is 6.80. The second-order valence-electron chi connectivity index (χ2n) is 12.5. The summed E-state index contributed by atoms with van der Waals surface area (Å²) in [4.78, 5) is 29.7. The Labute approximate surface area is 218 Å². The van der Waals surface area contributed by atoms with Crippen molar-refractivity contribution in [2.45, 2.75) is 82.1 Å². The molecule has 0 aromatic heterocycles. The summed E-state index contributed by atoms with van der Waals surface area (Å²) in [5.41, 5.74) is -0.610. The molecule has 0 saturated carbocycles. The average molecular weight is 519 g/mol. The first kappa shape index (κ1) is 24.7. The Kier molecular flexibility index (Phi) is 5.17. The topological polar surface area (TPSA) is 92.2 Å². The Bertz CT molecular complexity index is 1380. The highest BCUT2D eigenvalue weighted by molar-refractivity contribution is 6.74. The van der Waals surface area contributed by atoms with Gasteiger partial charge in [0.25, 0.3) is 0 Å². The van der Waals surface area contributed by atoms with Crippen molar-refractivity contribution >= 4 is 36.6 Å². The van der Waals surface area contributed by atoms with Gasteiger partial charge >= 0.3 is 0 Å². The zero-order valence-electron chi connectivity index (χ0n) is 22.3. The van der Waals surface area contributed by atoms with Gasteiger partial charge in [0.1, 0.15) is 23.4 Å². The molecule has 0 N–H and O–H groups in total. The summed E-state index contributed by atoms with van der Waals surface area (Å²) in [6.07, 6.45) is 0.762. The summed E-state index contributed by atoms with van der Waals surface area (Å²) in [5.74, 6) is -1.66. The van der Waals surface area contributed by atoms with Crippen LogP contribution in [0.5, 0.6) is 0 Å². The highest BCUT2D eigenvalue weighted by atomic mass is 28.4. The van der Waals surface area contributed by atoms with E-state index in [4.69, 9.17) is 13.9 Å². The number of benzene rings is 2. The number of hydrogen-bond donors (Lipinski definition) is 0. The summed E-state index contributed by atoms with van der Waals surface area (Å²) >= 11 is 0. The molecule has 2 bridgehead atoms. The molecule has 4 aliphatic rings. The molecule has 6 atom stereocenters. The van der Waals surface area contributed by atoms with Gasteiger partial charge in [-0.05, 0) is 36.7 Å². The molecule has 8 heteroatoms. The number of fused-ring (bicyclic) bond motifs is 9. The normalized spacial score (nSPS) is 34.1. The summed E-state index contributed by atoms with van der Waals surface area (Å²) < 4.78 is 19.4. The maximum Gasteiger partial charge on any atom is 0.240 e. The molecule has 0 radical (unpaired) electrons. The lowest BCUT2D eigenvalue weighted by molar-refractivity contribution is -0.150. The number of carbonyl (C=O) groups is 2. The van der Waals surface area contributed by atoms with Gasteiger partial charge in [0.2, 0.25) is 11.8 Å². The molecule has 4 heterocycles. The van der Waals surface area contributed by atoms with Gasteiger partial charge in [0.05, 0.1) is 29.2 Å². The van der Waals surface area contributed by atoms with E-state index in [-0.39, 0.29) is 29.1 Å². The van der Waals surface area contributed by atoms with E-state index < -0.39 is 31.4 Å². The van der Waals surface area contributed by atoms with E-state index in [1.807, 2.05) is 31.2 Å². The molecule has 4 fully saturated rings. The van der Waals surface area contributed by atoms with E-state index in [1.165, 1.54) is 4.90 Å². The molecule has 2 aromatic carbocycles. The van der Waals surface area contributed by atoms with E-state index in [9.17, 15) is 14.9 Å². The van der Waals surface area contributed by atoms with Gasteiger partial charge in [-0.2, -0.15) is 5.26 Å². The summed E-state index contributed by atoms with van der Waals surface area (Å²) in [6.45, 7) is 13.5. The van der Waals surface area contributed by atoms with E-state index in [1.54, 1.807) is 12.1 Å². The zero-order chi connectivity index (χ0) is 26.5. The van der Waals surface area contributed by atoms with Crippen LogP contribution < -0.4 is 4.90 Å². The highest BCUT2D eigenvalue weighted by Crippen LogP contribution is 2.70. The Hall–Kier alpha value is -2.57. The summed E-state index contributed by atoms with van der Waals surface area (Å²) in [6, 6.07) is 13.1. The third-order valence-corrected chi connectivity index (χ3v) is 14.3. The lowest BCUT2D eigenvalue weighted by Gasteiger charge is -2.38. The predicted octanol–water partition coefficient (Wildman–Crippen LogP) is 4.93. The third-order valence-electron chi connectivity index (χ3n) is 9.77. The number of anilines is 1. The molecule has 2 amide bonds. The molecule has 37 heavy (non-hydrogen) atoms. The second-order valence-corrected chi connectivity index (χ2v) is 17.3. The van der Waals surface area contributed by atoms with Crippen molar-refractivity contribution in [2.75, 3.05) is 11.5 Å². The largest absolute Gasteiger partial charge is 0.417 e. The van der Waals surface area contributed by atoms with Crippen molar-refractivity contribution in [3.05, 3.63) is 42.0 Å². The molecular formula is C29H34N2O5Si. The van der Waals surface area contributed by atoms with Crippen LogP contribution in [-0.2, 0) is 23.5 Å². The number of rotatable bonds is 6. The van der Waals surface area contributed by atoms with Gasteiger partial charge < -0.3 is 13.9 Å². The number of carbonyl (C=O) groups excluding carboxylic acids is 2. The Morgan fingerprint density at radius 1 is 1.03 bits per heavy atom. The second kappa shape index (κ2) is 7.73. The first-order chi connectivity index (χ1) is 17.4. The zero-order valence-corrected chi connectivity index (χ0v) is 23.3. The van der Waals surface area contributed by atoms with E-state index >= 15 is 0 Å². The van der Waals surface area contributed by atoms with Gasteiger partial charge in [-0.15, -0.1) is 0 Å². The van der Waals surface area contributed by atoms with Crippen molar-refractivity contribution < 1.29 is 23.5 Å². The van der Waals surface area contributed by atoms with Crippen LogP contribution in [0.15, 0.2) is 36.4 Å². The molecule has 0 spiro atoms. The van der Waals surface area contributed by atoms with Crippen LogP contribution in [0.25, 0.3) is 10.8 Å². The minimum absolute atomic E-state index is 0.0673. The number of ether oxygens (including phenoxy) is 2. The first-order valence-corrected chi connectivity index (χ1v) is 16.1. The maximum atomic E-state index is 14.2. The first-order valence-electron chi connectivity index (χ1n) is 13.2. The molecule has 4 saturated heterocycles. The van der Waals surface area contributed by atoms with Crippen LogP contribution in [0.1, 0.15) is 46.1 Å². The molecule has 6 unspecified atom stereocenters. The molecule has 2 aromatic rings. The van der Waals surface area contributed by atoms with Gasteiger partial charge in [-0.1, -0.05) is 52.0 Å². The smallest absolute Gasteiger partial charge is 0.240 e. The maximum absolute atomic E-state index is 14.2. The van der Waals surface area contributed by atoms with Crippen molar-refractivity contribution in [1.82, 2.24) is 0 Å². The van der Waals surface area contributed by atoms with Crippen LogP contribution in [0.2, 0.25) is 18.1 Å². The van der Waals surface area contributed by atoms with E-state index in [0.717, 1.165) is 10.8 Å². The van der Waals surface area contributed by atoms with Crippen molar-refractivity contribution in [1.29, 1.82) is 5.26 Å². The third kappa shape index (κ3) is 3.09. The van der Waals surface area contributed by atoms with Crippen LogP contribution in [0, 0.1) is 23.2 Å². The number of hydrogen-bond acceptors (Lipinski definition) is 6. The van der Waals surface area contributed by atoms with E-state index in [0.29, 0.717) is 30.7 Å². The fraction of sp³-hybridized carbons (Fsp3) is 0.552. The van der Waals surface area contributed by atoms with Gasteiger partial charge in [0, 0.05) is 23.8 Å². The Morgan fingerprint density at radius 3 is 2.27 bits per heavy atom. The predicted molar refractivity (Wildman–Crippen MR) is 141 cm³/mol. The van der Waals surface area contributed by atoms with Gasteiger partial charge in [-0.25, -0.2) is 4.90 Å². The molecule has 6 rings (SSSR count).